The van der Waals surface area contributed by atoms with Crippen molar-refractivity contribution >= 4 is 23.3 Å². The van der Waals surface area contributed by atoms with E-state index in [0.29, 0.717) is 30.0 Å². The summed E-state index contributed by atoms with van der Waals surface area (Å²) in [5, 5.41) is 9.67. The first-order valence-corrected chi connectivity index (χ1v) is 13.2. The number of likely N-dealkylation sites (N-methyl/N-ethyl adjacent to an activating group) is 1. The molecule has 0 spiro atoms. The Balaban J connectivity index is 1.31. The maximum absolute atomic E-state index is 11.8. The Morgan fingerprint density at radius 3 is 2.76 bits per heavy atom. The number of oxazole rings is 1. The standard InChI is InChI=1S/C28H30N10O3/c1-16-12-31-21-7-6-17(14-38(16)21)23-24(35-26(30)25(34-23)28(39)40)27-32-13-20(41-27)10-19-15-37(9-8-36(19)2)22-5-3-4-18(11-29)33-22/h3-7,12-14,19H,8-11,15,29H2,1-2H3,(H2,30,35)(H,39,40)/t19-/m1/s1. The number of pyridine rings is 2. The second kappa shape index (κ2) is 10.6. The number of nitrogens with zero attached hydrogens (tertiary/aromatic N) is 8. The minimum Gasteiger partial charge on any atom is -0.476 e. The van der Waals surface area contributed by atoms with Crippen LogP contribution in [0.3, 0.4) is 0 Å². The molecule has 1 saturated heterocycles. The Bertz CT molecular complexity index is 1750. The van der Waals surface area contributed by atoms with E-state index < -0.39 is 5.97 Å². The van der Waals surface area contributed by atoms with Gasteiger partial charge in [-0.15, -0.1) is 0 Å². The normalized spacial score (nSPS) is 16.0. The minimum absolute atomic E-state index is 0.143. The molecule has 210 valence electrons. The molecule has 13 nitrogen and oxygen atoms in total. The molecular weight excluding hydrogens is 524 g/mol. The van der Waals surface area contributed by atoms with Crippen molar-refractivity contribution in [3.05, 3.63) is 71.8 Å². The summed E-state index contributed by atoms with van der Waals surface area (Å²) in [6.07, 6.45) is 5.86. The van der Waals surface area contributed by atoms with Gasteiger partial charge in [-0.05, 0) is 38.2 Å². The number of aromatic nitrogens is 6. The molecule has 0 aromatic carbocycles. The average molecular weight is 555 g/mol. The SMILES string of the molecule is Cc1cnc2ccc(-c3nc(C(=O)O)c(N)nc3-c3ncc(C[C@@H]4CN(c5cccc(CN)n5)CCN4C)o3)cn12. The smallest absolute Gasteiger partial charge is 0.358 e. The Morgan fingerprint density at radius 2 is 1.95 bits per heavy atom. The van der Waals surface area contributed by atoms with Crippen LogP contribution in [0.4, 0.5) is 11.6 Å². The molecule has 0 amide bonds. The number of rotatable bonds is 7. The zero-order chi connectivity index (χ0) is 28.7. The van der Waals surface area contributed by atoms with Crippen LogP contribution in [0.15, 0.2) is 53.3 Å². The summed E-state index contributed by atoms with van der Waals surface area (Å²) in [6, 6.07) is 9.68. The monoisotopic (exact) mass is 554 g/mol. The van der Waals surface area contributed by atoms with E-state index in [9.17, 15) is 9.90 Å². The first kappa shape index (κ1) is 26.3. The second-order valence-electron chi connectivity index (χ2n) is 10.1. The van der Waals surface area contributed by atoms with Gasteiger partial charge in [0, 0.05) is 62.3 Å². The molecule has 41 heavy (non-hydrogen) atoms. The van der Waals surface area contributed by atoms with Crippen molar-refractivity contribution in [1.29, 1.82) is 0 Å². The van der Waals surface area contributed by atoms with Gasteiger partial charge in [0.15, 0.2) is 17.2 Å². The molecule has 1 aliphatic rings. The number of aromatic carboxylic acids is 1. The number of aryl methyl sites for hydroxylation is 1. The van der Waals surface area contributed by atoms with E-state index in [4.69, 9.17) is 15.9 Å². The molecule has 0 bridgehead atoms. The molecule has 0 unspecified atom stereocenters. The van der Waals surface area contributed by atoms with Crippen molar-refractivity contribution in [3.63, 3.8) is 0 Å². The van der Waals surface area contributed by atoms with Crippen molar-refractivity contribution in [2.24, 2.45) is 5.73 Å². The summed E-state index contributed by atoms with van der Waals surface area (Å²) in [7, 11) is 2.09. The maximum atomic E-state index is 11.8. The number of anilines is 2. The minimum atomic E-state index is -1.27. The number of nitrogen functional groups attached to an aromatic ring is 1. The van der Waals surface area contributed by atoms with Gasteiger partial charge in [0.05, 0.1) is 11.9 Å². The van der Waals surface area contributed by atoms with Gasteiger partial charge in [0.25, 0.3) is 0 Å². The van der Waals surface area contributed by atoms with E-state index in [1.54, 1.807) is 18.5 Å². The van der Waals surface area contributed by atoms with E-state index in [2.05, 4.69) is 41.8 Å². The maximum Gasteiger partial charge on any atom is 0.358 e. The molecule has 6 heterocycles. The fourth-order valence-corrected chi connectivity index (χ4v) is 5.07. The number of carboxylic acid groups (broad SMARTS) is 1. The molecule has 13 heteroatoms. The third-order valence-electron chi connectivity index (χ3n) is 7.38. The molecule has 1 atom stereocenters. The lowest BCUT2D eigenvalue weighted by Crippen LogP contribution is -2.52. The zero-order valence-electron chi connectivity index (χ0n) is 22.7. The van der Waals surface area contributed by atoms with E-state index in [-0.39, 0.29) is 29.1 Å². The predicted molar refractivity (Wildman–Crippen MR) is 152 cm³/mol. The van der Waals surface area contributed by atoms with Crippen molar-refractivity contribution in [2.45, 2.75) is 25.9 Å². The molecule has 0 aliphatic carbocycles. The van der Waals surface area contributed by atoms with Gasteiger partial charge in [-0.25, -0.2) is 29.7 Å². The Labute approximate surface area is 235 Å². The molecule has 1 fully saturated rings. The molecule has 0 radical (unpaired) electrons. The third-order valence-corrected chi connectivity index (χ3v) is 7.38. The van der Waals surface area contributed by atoms with Crippen LogP contribution in [0.25, 0.3) is 28.5 Å². The Kier molecular flexibility index (Phi) is 6.81. The Hall–Kier alpha value is -4.88. The number of nitrogens with two attached hydrogens (primary N) is 2. The summed E-state index contributed by atoms with van der Waals surface area (Å²) in [5.41, 5.74) is 15.2. The number of hydrogen-bond acceptors (Lipinski definition) is 11. The van der Waals surface area contributed by atoms with Crippen LogP contribution in [-0.4, -0.2) is 78.0 Å². The van der Waals surface area contributed by atoms with Gasteiger partial charge >= 0.3 is 5.97 Å². The van der Waals surface area contributed by atoms with Crippen molar-refractivity contribution in [2.75, 3.05) is 37.3 Å². The van der Waals surface area contributed by atoms with Crippen molar-refractivity contribution in [3.8, 4) is 22.8 Å². The first-order valence-electron chi connectivity index (χ1n) is 13.2. The Morgan fingerprint density at radius 1 is 1.10 bits per heavy atom. The average Bonchev–Trinajstić information content (AvgIpc) is 3.60. The molecule has 0 saturated carbocycles. The van der Waals surface area contributed by atoms with E-state index in [0.717, 1.165) is 42.5 Å². The summed E-state index contributed by atoms with van der Waals surface area (Å²) in [4.78, 5) is 38.7. The number of carbonyl (C=O) groups is 1. The molecule has 1 aliphatic heterocycles. The molecule has 5 N–H and O–H groups in total. The molecule has 5 aromatic heterocycles. The molecule has 5 aromatic rings. The van der Waals surface area contributed by atoms with E-state index in [1.165, 1.54) is 0 Å². The van der Waals surface area contributed by atoms with Crippen LogP contribution in [-0.2, 0) is 13.0 Å². The first-order chi connectivity index (χ1) is 19.8. The highest BCUT2D eigenvalue weighted by Gasteiger charge is 2.28. The van der Waals surface area contributed by atoms with Crippen molar-refractivity contribution < 1.29 is 14.3 Å². The summed E-state index contributed by atoms with van der Waals surface area (Å²) in [5.74, 6) is 0.291. The zero-order valence-corrected chi connectivity index (χ0v) is 22.7. The van der Waals surface area contributed by atoms with Gasteiger partial charge in [0.1, 0.15) is 22.9 Å². The van der Waals surface area contributed by atoms with E-state index in [1.807, 2.05) is 41.8 Å². The fraction of sp³-hybridized carbons (Fsp3) is 0.286. The number of fused-ring (bicyclic) bond motifs is 1. The molecule has 6 rings (SSSR count). The number of carboxylic acids is 1. The lowest BCUT2D eigenvalue weighted by atomic mass is 10.1. The van der Waals surface area contributed by atoms with Crippen molar-refractivity contribution in [1.82, 2.24) is 34.2 Å². The number of imidazole rings is 1. The highest BCUT2D eigenvalue weighted by atomic mass is 16.4. The highest BCUT2D eigenvalue weighted by molar-refractivity contribution is 5.92. The van der Waals surface area contributed by atoms with Gasteiger partial charge < -0.3 is 30.3 Å². The van der Waals surface area contributed by atoms with E-state index >= 15 is 0 Å². The van der Waals surface area contributed by atoms with Gasteiger partial charge in [-0.1, -0.05) is 6.07 Å². The summed E-state index contributed by atoms with van der Waals surface area (Å²) < 4.78 is 8.09. The van der Waals surface area contributed by atoms with Crippen LogP contribution in [0.2, 0.25) is 0 Å². The van der Waals surface area contributed by atoms with Crippen LogP contribution in [0.1, 0.15) is 27.6 Å². The molecular formula is C28H30N10O3. The lowest BCUT2D eigenvalue weighted by Gasteiger charge is -2.39. The summed E-state index contributed by atoms with van der Waals surface area (Å²) in [6.45, 7) is 4.79. The van der Waals surface area contributed by atoms with Crippen LogP contribution < -0.4 is 16.4 Å². The van der Waals surface area contributed by atoms with Crippen LogP contribution >= 0.6 is 0 Å². The quantitative estimate of drug-likeness (QED) is 0.268. The fourth-order valence-electron chi connectivity index (χ4n) is 5.07. The predicted octanol–water partition coefficient (Wildman–Crippen LogP) is 2.25. The lowest BCUT2D eigenvalue weighted by molar-refractivity contribution is 0.0691. The van der Waals surface area contributed by atoms with Gasteiger partial charge in [-0.2, -0.15) is 0 Å². The second-order valence-corrected chi connectivity index (χ2v) is 10.1. The third kappa shape index (κ3) is 5.08. The van der Waals surface area contributed by atoms with Gasteiger partial charge in [0.2, 0.25) is 5.89 Å². The van der Waals surface area contributed by atoms with Crippen LogP contribution in [0.5, 0.6) is 0 Å². The largest absolute Gasteiger partial charge is 0.476 e. The van der Waals surface area contributed by atoms with Crippen LogP contribution in [0, 0.1) is 6.92 Å². The number of piperazine rings is 1. The number of hydrogen-bond donors (Lipinski definition) is 3. The van der Waals surface area contributed by atoms with Gasteiger partial charge in [-0.3, -0.25) is 4.90 Å². The summed E-state index contributed by atoms with van der Waals surface area (Å²) >= 11 is 0. The topological polar surface area (TPSA) is 178 Å². The highest BCUT2D eigenvalue weighted by Crippen LogP contribution is 2.32.